The second-order valence-corrected chi connectivity index (χ2v) is 4.98. The van der Waals surface area contributed by atoms with Crippen molar-refractivity contribution < 1.29 is 4.79 Å². The highest BCUT2D eigenvalue weighted by Crippen LogP contribution is 2.36. The summed E-state index contributed by atoms with van der Waals surface area (Å²) >= 11 is 6.26. The van der Waals surface area contributed by atoms with Crippen LogP contribution in [0.15, 0.2) is 29.8 Å². The molecule has 0 atom stereocenters. The van der Waals surface area contributed by atoms with E-state index in [1.807, 2.05) is 43.3 Å². The average Bonchev–Trinajstić information content (AvgIpc) is 2.64. The molecule has 90 valence electrons. The predicted octanol–water partition coefficient (Wildman–Crippen LogP) is 2.71. The topological polar surface area (TPSA) is 20.3 Å². The monoisotopic (exact) mass is 249 g/mol. The molecule has 0 heterocycles. The Hall–Kier alpha value is -1.12. The van der Waals surface area contributed by atoms with Crippen molar-refractivity contribution in [3.8, 4) is 0 Å². The highest BCUT2D eigenvalue weighted by molar-refractivity contribution is 6.52. The van der Waals surface area contributed by atoms with Gasteiger partial charge in [0.2, 0.25) is 0 Å². The molecule has 0 bridgehead atoms. The van der Waals surface area contributed by atoms with Gasteiger partial charge in [0.1, 0.15) is 0 Å². The van der Waals surface area contributed by atoms with E-state index in [0.29, 0.717) is 17.9 Å². The number of halogens is 1. The first-order valence-corrected chi connectivity index (χ1v) is 6.12. The van der Waals surface area contributed by atoms with Gasteiger partial charge in [-0.3, -0.25) is 4.79 Å². The molecule has 0 fully saturated rings. The molecule has 1 aliphatic rings. The zero-order valence-corrected chi connectivity index (χ0v) is 10.9. The molecule has 0 spiro atoms. The SMILES string of the molecule is CN(C)CCC(=O)C1=C(Cl)c2ccccc2C1. The number of carbonyl (C=O) groups is 1. The van der Waals surface area contributed by atoms with Crippen molar-refractivity contribution in [3.05, 3.63) is 41.0 Å². The number of Topliss-reactive ketones (excluding diaryl/α,β-unsaturated/α-hetero) is 1. The largest absolute Gasteiger partial charge is 0.309 e. The second kappa shape index (κ2) is 5.03. The summed E-state index contributed by atoms with van der Waals surface area (Å²) in [6.07, 6.45) is 1.22. The molecule has 1 aliphatic carbocycles. The predicted molar refractivity (Wildman–Crippen MR) is 71.1 cm³/mol. The van der Waals surface area contributed by atoms with Gasteiger partial charge in [-0.1, -0.05) is 35.9 Å². The van der Waals surface area contributed by atoms with Gasteiger partial charge in [-0.15, -0.1) is 0 Å². The summed E-state index contributed by atoms with van der Waals surface area (Å²) in [5, 5.41) is 0.643. The van der Waals surface area contributed by atoms with E-state index in [-0.39, 0.29) is 5.78 Å². The van der Waals surface area contributed by atoms with E-state index in [1.165, 1.54) is 0 Å². The molecule has 17 heavy (non-hydrogen) atoms. The third kappa shape index (κ3) is 2.59. The molecular formula is C14H16ClNO. The van der Waals surface area contributed by atoms with Crippen LogP contribution >= 0.6 is 11.6 Å². The zero-order valence-electron chi connectivity index (χ0n) is 10.2. The molecule has 0 unspecified atom stereocenters. The molecule has 2 nitrogen and oxygen atoms in total. The Morgan fingerprint density at radius 1 is 1.35 bits per heavy atom. The normalized spacial score (nSPS) is 14.4. The van der Waals surface area contributed by atoms with Gasteiger partial charge in [-0.25, -0.2) is 0 Å². The molecule has 3 heteroatoms. The molecule has 0 N–H and O–H groups in total. The fourth-order valence-corrected chi connectivity index (χ4v) is 2.37. The fourth-order valence-electron chi connectivity index (χ4n) is 2.02. The van der Waals surface area contributed by atoms with Gasteiger partial charge in [0.25, 0.3) is 0 Å². The first-order valence-electron chi connectivity index (χ1n) is 5.74. The van der Waals surface area contributed by atoms with Crippen molar-refractivity contribution >= 4 is 22.4 Å². The lowest BCUT2D eigenvalue weighted by atomic mass is 10.1. The van der Waals surface area contributed by atoms with Gasteiger partial charge in [0.05, 0.1) is 5.03 Å². The van der Waals surface area contributed by atoms with Gasteiger partial charge in [-0.2, -0.15) is 0 Å². The summed E-state index contributed by atoms with van der Waals surface area (Å²) in [4.78, 5) is 14.1. The lowest BCUT2D eigenvalue weighted by molar-refractivity contribution is -0.115. The Morgan fingerprint density at radius 2 is 2.06 bits per heavy atom. The maximum atomic E-state index is 12.1. The molecule has 0 aromatic heterocycles. The maximum absolute atomic E-state index is 12.1. The van der Waals surface area contributed by atoms with Crippen molar-refractivity contribution in [1.82, 2.24) is 4.90 Å². The number of benzene rings is 1. The Bertz CT molecular complexity index is 477. The number of fused-ring (bicyclic) bond motifs is 1. The number of hydrogen-bond donors (Lipinski definition) is 0. The molecule has 0 saturated carbocycles. The van der Waals surface area contributed by atoms with Crippen LogP contribution in [0.25, 0.3) is 5.03 Å². The van der Waals surface area contributed by atoms with Crippen molar-refractivity contribution in [1.29, 1.82) is 0 Å². The quantitative estimate of drug-likeness (QED) is 0.818. The van der Waals surface area contributed by atoms with Gasteiger partial charge in [-0.05, 0) is 25.2 Å². The van der Waals surface area contributed by atoms with Crippen LogP contribution in [0.5, 0.6) is 0 Å². The van der Waals surface area contributed by atoms with Crippen molar-refractivity contribution in [3.63, 3.8) is 0 Å². The molecule has 0 radical (unpaired) electrons. The van der Waals surface area contributed by atoms with Crippen molar-refractivity contribution in [2.24, 2.45) is 0 Å². The molecule has 0 amide bonds. The van der Waals surface area contributed by atoms with Crippen LogP contribution in [0, 0.1) is 0 Å². The first kappa shape index (κ1) is 12.3. The van der Waals surface area contributed by atoms with E-state index in [9.17, 15) is 4.79 Å². The van der Waals surface area contributed by atoms with E-state index in [0.717, 1.165) is 23.2 Å². The minimum atomic E-state index is 0.167. The highest BCUT2D eigenvalue weighted by Gasteiger charge is 2.24. The van der Waals surface area contributed by atoms with Crippen LogP contribution in [0.4, 0.5) is 0 Å². The van der Waals surface area contributed by atoms with Crippen LogP contribution in [0.1, 0.15) is 17.5 Å². The van der Waals surface area contributed by atoms with Gasteiger partial charge >= 0.3 is 0 Å². The van der Waals surface area contributed by atoms with E-state index < -0.39 is 0 Å². The summed E-state index contributed by atoms with van der Waals surface area (Å²) in [6.45, 7) is 0.767. The number of hydrogen-bond acceptors (Lipinski definition) is 2. The molecule has 1 aromatic rings. The van der Waals surface area contributed by atoms with Crippen LogP contribution in [0.3, 0.4) is 0 Å². The van der Waals surface area contributed by atoms with Crippen molar-refractivity contribution in [2.75, 3.05) is 20.6 Å². The molecule has 0 aliphatic heterocycles. The minimum Gasteiger partial charge on any atom is -0.309 e. The fraction of sp³-hybridized carbons (Fsp3) is 0.357. The minimum absolute atomic E-state index is 0.167. The third-order valence-corrected chi connectivity index (χ3v) is 3.44. The number of nitrogens with zero attached hydrogens (tertiary/aromatic N) is 1. The standard InChI is InChI=1S/C14H16ClNO/c1-16(2)8-7-13(17)12-9-10-5-3-4-6-11(10)14(12)15/h3-6H,7-9H2,1-2H3. The van der Waals surface area contributed by atoms with Crippen LogP contribution in [-0.2, 0) is 11.2 Å². The van der Waals surface area contributed by atoms with Crippen LogP contribution < -0.4 is 0 Å². The average molecular weight is 250 g/mol. The van der Waals surface area contributed by atoms with Gasteiger partial charge in [0, 0.05) is 25.0 Å². The summed E-state index contributed by atoms with van der Waals surface area (Å²) in [5.74, 6) is 0.167. The lowest BCUT2D eigenvalue weighted by Gasteiger charge is -2.08. The number of allylic oxidation sites excluding steroid dienone is 1. The Balaban J connectivity index is 2.15. The third-order valence-electron chi connectivity index (χ3n) is 3.01. The summed E-state index contributed by atoms with van der Waals surface area (Å²) < 4.78 is 0. The molecule has 1 aromatic carbocycles. The summed E-state index contributed by atoms with van der Waals surface area (Å²) in [6, 6.07) is 7.94. The highest BCUT2D eigenvalue weighted by atomic mass is 35.5. The smallest absolute Gasteiger partial charge is 0.161 e. The van der Waals surface area contributed by atoms with E-state index in [4.69, 9.17) is 11.6 Å². The van der Waals surface area contributed by atoms with Crippen LogP contribution in [0.2, 0.25) is 0 Å². The first-order chi connectivity index (χ1) is 8.09. The van der Waals surface area contributed by atoms with Gasteiger partial charge in [0.15, 0.2) is 5.78 Å². The Kier molecular flexibility index (Phi) is 3.65. The Labute approximate surface area is 107 Å². The van der Waals surface area contributed by atoms with E-state index in [1.54, 1.807) is 0 Å². The van der Waals surface area contributed by atoms with Crippen molar-refractivity contribution in [2.45, 2.75) is 12.8 Å². The molecular weight excluding hydrogens is 234 g/mol. The summed E-state index contributed by atoms with van der Waals surface area (Å²) in [5.41, 5.74) is 2.95. The van der Waals surface area contributed by atoms with E-state index in [2.05, 4.69) is 0 Å². The zero-order chi connectivity index (χ0) is 12.4. The second-order valence-electron chi connectivity index (χ2n) is 4.60. The maximum Gasteiger partial charge on any atom is 0.161 e. The Morgan fingerprint density at radius 3 is 2.71 bits per heavy atom. The van der Waals surface area contributed by atoms with E-state index >= 15 is 0 Å². The summed E-state index contributed by atoms with van der Waals surface area (Å²) in [7, 11) is 3.93. The number of rotatable bonds is 4. The molecule has 2 rings (SSSR count). The van der Waals surface area contributed by atoms with Gasteiger partial charge < -0.3 is 4.90 Å². The lowest BCUT2D eigenvalue weighted by Crippen LogP contribution is -2.17. The van der Waals surface area contributed by atoms with Crippen LogP contribution in [-0.4, -0.2) is 31.3 Å². The molecule has 0 saturated heterocycles. The number of ketones is 1. The number of carbonyl (C=O) groups excluding carboxylic acids is 1.